The fourth-order valence-electron chi connectivity index (χ4n) is 5.14. The standard InChI is InChI=1S/C28H35ClN4O5S/c1-5-32-24(25(27(34)38-6-2)26(30-28(32)35)21-9-11-22(29)12-10-21)18-31-15-16-33(20(4)17-31)39(36,37)23-13-7-19(3)8-14-23/h7-14,20,26H,5-6,15-18H2,1-4H3,(H,30,35)/t20-,26-/m1/s1. The zero-order valence-corrected chi connectivity index (χ0v) is 24.3. The quantitative estimate of drug-likeness (QED) is 0.479. The topological polar surface area (TPSA) is 99.3 Å². The van der Waals surface area contributed by atoms with E-state index in [2.05, 4.69) is 10.2 Å². The first-order valence-corrected chi connectivity index (χ1v) is 14.9. The fourth-order valence-corrected chi connectivity index (χ4v) is 6.88. The predicted molar refractivity (Wildman–Crippen MR) is 150 cm³/mol. The summed E-state index contributed by atoms with van der Waals surface area (Å²) >= 11 is 6.08. The summed E-state index contributed by atoms with van der Waals surface area (Å²) in [4.78, 5) is 30.4. The van der Waals surface area contributed by atoms with Gasteiger partial charge in [0.05, 0.1) is 23.1 Å². The van der Waals surface area contributed by atoms with E-state index in [1.54, 1.807) is 60.4 Å². The molecular weight excluding hydrogens is 540 g/mol. The highest BCUT2D eigenvalue weighted by molar-refractivity contribution is 7.89. The largest absolute Gasteiger partial charge is 0.463 e. The van der Waals surface area contributed by atoms with Crippen LogP contribution >= 0.6 is 11.6 Å². The minimum Gasteiger partial charge on any atom is -0.463 e. The maximum Gasteiger partial charge on any atom is 0.338 e. The number of aryl methyl sites for hydroxylation is 1. The molecule has 39 heavy (non-hydrogen) atoms. The number of ether oxygens (including phenoxy) is 1. The summed E-state index contributed by atoms with van der Waals surface area (Å²) in [6.07, 6.45) is 0. The third-order valence-corrected chi connectivity index (χ3v) is 9.38. The summed E-state index contributed by atoms with van der Waals surface area (Å²) in [7, 11) is -3.65. The lowest BCUT2D eigenvalue weighted by Crippen LogP contribution is -2.56. The Morgan fingerprint density at radius 2 is 1.74 bits per heavy atom. The van der Waals surface area contributed by atoms with Gasteiger partial charge in [-0.1, -0.05) is 41.4 Å². The molecule has 9 nitrogen and oxygen atoms in total. The highest BCUT2D eigenvalue weighted by Crippen LogP contribution is 2.33. The molecular formula is C28H35ClN4O5S. The zero-order valence-electron chi connectivity index (χ0n) is 22.7. The molecule has 210 valence electrons. The summed E-state index contributed by atoms with van der Waals surface area (Å²) in [6.45, 7) is 9.39. The van der Waals surface area contributed by atoms with Crippen LogP contribution in [-0.4, -0.2) is 79.9 Å². The van der Waals surface area contributed by atoms with Crippen molar-refractivity contribution in [1.82, 2.24) is 19.4 Å². The van der Waals surface area contributed by atoms with Crippen LogP contribution in [0.25, 0.3) is 0 Å². The number of hydrogen-bond donors (Lipinski definition) is 1. The number of halogens is 1. The molecule has 4 rings (SSSR count). The number of carbonyl (C=O) groups is 2. The minimum absolute atomic E-state index is 0.190. The molecule has 0 bridgehead atoms. The molecule has 0 saturated carbocycles. The smallest absolute Gasteiger partial charge is 0.338 e. The van der Waals surface area contributed by atoms with Gasteiger partial charge < -0.3 is 10.1 Å². The van der Waals surface area contributed by atoms with Crippen LogP contribution in [0.15, 0.2) is 64.7 Å². The minimum atomic E-state index is -3.65. The van der Waals surface area contributed by atoms with Crippen molar-refractivity contribution in [2.45, 2.75) is 44.7 Å². The Hall–Kier alpha value is -2.92. The number of benzene rings is 2. The van der Waals surface area contributed by atoms with Crippen LogP contribution in [0, 0.1) is 6.92 Å². The van der Waals surface area contributed by atoms with E-state index in [9.17, 15) is 18.0 Å². The van der Waals surface area contributed by atoms with Gasteiger partial charge in [-0.15, -0.1) is 0 Å². The van der Waals surface area contributed by atoms with E-state index in [0.717, 1.165) is 5.56 Å². The highest BCUT2D eigenvalue weighted by atomic mass is 35.5. The molecule has 2 aromatic rings. The van der Waals surface area contributed by atoms with E-state index in [-0.39, 0.29) is 23.6 Å². The van der Waals surface area contributed by atoms with Crippen LogP contribution in [0.1, 0.15) is 37.9 Å². The second kappa shape index (κ2) is 12.1. The number of carbonyl (C=O) groups excluding carboxylic acids is 2. The van der Waals surface area contributed by atoms with E-state index < -0.39 is 22.0 Å². The summed E-state index contributed by atoms with van der Waals surface area (Å²) < 4.78 is 33.7. The lowest BCUT2D eigenvalue weighted by molar-refractivity contribution is -0.139. The average molecular weight is 575 g/mol. The Morgan fingerprint density at radius 3 is 2.33 bits per heavy atom. The lowest BCUT2D eigenvalue weighted by atomic mass is 9.94. The van der Waals surface area contributed by atoms with E-state index in [0.29, 0.717) is 54.6 Å². The van der Waals surface area contributed by atoms with E-state index in [1.807, 2.05) is 20.8 Å². The average Bonchev–Trinajstić information content (AvgIpc) is 2.89. The molecule has 2 heterocycles. The van der Waals surface area contributed by atoms with E-state index in [4.69, 9.17) is 16.3 Å². The van der Waals surface area contributed by atoms with Gasteiger partial charge in [0.25, 0.3) is 0 Å². The monoisotopic (exact) mass is 574 g/mol. The SMILES string of the molecule is CCOC(=O)C1=C(CN2CCN(S(=O)(=O)c3ccc(C)cc3)[C@H](C)C2)N(CC)C(=O)N[C@@H]1c1ccc(Cl)cc1. The predicted octanol–water partition coefficient (Wildman–Crippen LogP) is 3.95. The molecule has 0 radical (unpaired) electrons. The van der Waals surface area contributed by atoms with Crippen molar-refractivity contribution >= 4 is 33.6 Å². The number of likely N-dealkylation sites (N-methyl/N-ethyl adjacent to an activating group) is 1. The number of sulfonamides is 1. The first-order valence-electron chi connectivity index (χ1n) is 13.1. The van der Waals surface area contributed by atoms with Crippen LogP contribution in [0.5, 0.6) is 0 Å². The second-order valence-electron chi connectivity index (χ2n) is 9.77. The van der Waals surface area contributed by atoms with E-state index >= 15 is 0 Å². The van der Waals surface area contributed by atoms with Crippen molar-refractivity contribution in [2.24, 2.45) is 0 Å². The van der Waals surface area contributed by atoms with Gasteiger partial charge in [0, 0.05) is 49.5 Å². The van der Waals surface area contributed by atoms with Gasteiger partial charge in [0.1, 0.15) is 0 Å². The van der Waals surface area contributed by atoms with Crippen molar-refractivity contribution in [3.05, 3.63) is 76.0 Å². The van der Waals surface area contributed by atoms with Gasteiger partial charge in [0.2, 0.25) is 10.0 Å². The Morgan fingerprint density at radius 1 is 1.08 bits per heavy atom. The van der Waals surface area contributed by atoms with Crippen molar-refractivity contribution in [1.29, 1.82) is 0 Å². The molecule has 11 heteroatoms. The van der Waals surface area contributed by atoms with Gasteiger partial charge in [-0.25, -0.2) is 18.0 Å². The van der Waals surface area contributed by atoms with Crippen LogP contribution in [0.2, 0.25) is 5.02 Å². The third kappa shape index (κ3) is 6.14. The summed E-state index contributed by atoms with van der Waals surface area (Å²) in [6, 6.07) is 12.5. The van der Waals surface area contributed by atoms with Crippen LogP contribution in [0.4, 0.5) is 4.79 Å². The zero-order chi connectivity index (χ0) is 28.3. The van der Waals surface area contributed by atoms with Crippen LogP contribution in [-0.2, 0) is 19.6 Å². The molecule has 2 aromatic carbocycles. The molecule has 2 aliphatic heterocycles. The maximum absolute atomic E-state index is 13.4. The Bertz CT molecular complexity index is 1350. The summed E-state index contributed by atoms with van der Waals surface area (Å²) in [5.41, 5.74) is 2.63. The molecule has 0 spiro atoms. The lowest BCUT2D eigenvalue weighted by Gasteiger charge is -2.42. The van der Waals surface area contributed by atoms with Gasteiger partial charge in [-0.2, -0.15) is 4.31 Å². The maximum atomic E-state index is 13.4. The number of urea groups is 1. The summed E-state index contributed by atoms with van der Waals surface area (Å²) in [5, 5.41) is 3.49. The number of amides is 2. The number of nitrogens with zero attached hydrogens (tertiary/aromatic N) is 3. The van der Waals surface area contributed by atoms with Crippen molar-refractivity contribution in [3.63, 3.8) is 0 Å². The molecule has 1 N–H and O–H groups in total. The normalized spacial score (nSPS) is 21.2. The third-order valence-electron chi connectivity index (χ3n) is 7.10. The molecule has 2 atom stereocenters. The van der Waals surface area contributed by atoms with Gasteiger partial charge in [0.15, 0.2) is 0 Å². The number of piperazine rings is 1. The molecule has 2 amide bonds. The number of esters is 1. The first kappa shape index (κ1) is 29.1. The Kier molecular flexibility index (Phi) is 9.00. The summed E-state index contributed by atoms with van der Waals surface area (Å²) in [5.74, 6) is -0.500. The van der Waals surface area contributed by atoms with Gasteiger partial charge in [-0.05, 0) is 57.5 Å². The van der Waals surface area contributed by atoms with Crippen molar-refractivity contribution in [2.75, 3.05) is 39.3 Å². The molecule has 0 unspecified atom stereocenters. The van der Waals surface area contributed by atoms with Crippen molar-refractivity contribution < 1.29 is 22.7 Å². The number of hydrogen-bond acceptors (Lipinski definition) is 6. The molecule has 0 aliphatic carbocycles. The first-order chi connectivity index (χ1) is 18.6. The Balaban J connectivity index is 1.64. The Labute approximate surface area is 235 Å². The fraction of sp³-hybridized carbons (Fsp3) is 0.429. The van der Waals surface area contributed by atoms with Crippen molar-refractivity contribution in [3.8, 4) is 0 Å². The molecule has 1 saturated heterocycles. The van der Waals surface area contributed by atoms with Crippen LogP contribution in [0.3, 0.4) is 0 Å². The number of rotatable bonds is 8. The van der Waals surface area contributed by atoms with Gasteiger partial charge >= 0.3 is 12.0 Å². The molecule has 1 fully saturated rings. The highest BCUT2D eigenvalue weighted by Gasteiger charge is 2.40. The second-order valence-corrected chi connectivity index (χ2v) is 12.1. The molecule has 2 aliphatic rings. The van der Waals surface area contributed by atoms with Gasteiger partial charge in [-0.3, -0.25) is 9.80 Å². The van der Waals surface area contributed by atoms with E-state index in [1.165, 1.54) is 4.31 Å². The number of nitrogens with one attached hydrogen (secondary N) is 1. The molecule has 0 aromatic heterocycles. The van der Waals surface area contributed by atoms with Crippen LogP contribution < -0.4 is 5.32 Å².